The second-order valence-electron chi connectivity index (χ2n) is 5.90. The van der Waals surface area contributed by atoms with Crippen molar-refractivity contribution in [2.24, 2.45) is 17.8 Å². The summed E-state index contributed by atoms with van der Waals surface area (Å²) in [5.74, 6) is -0.383. The van der Waals surface area contributed by atoms with Gasteiger partial charge >= 0.3 is 5.97 Å². The molecule has 1 aliphatic carbocycles. The zero-order valence-corrected chi connectivity index (χ0v) is 11.6. The molecule has 18 heavy (non-hydrogen) atoms. The van der Waals surface area contributed by atoms with Gasteiger partial charge in [-0.3, -0.25) is 4.79 Å². The van der Waals surface area contributed by atoms with Gasteiger partial charge in [0.25, 0.3) is 0 Å². The lowest BCUT2D eigenvalue weighted by atomic mass is 9.80. The molecule has 0 heterocycles. The number of nitrogens with one attached hydrogen (secondary N) is 1. The van der Waals surface area contributed by atoms with Gasteiger partial charge in [0.15, 0.2) is 0 Å². The summed E-state index contributed by atoms with van der Waals surface area (Å²) in [6, 6.07) is -0.744. The summed E-state index contributed by atoms with van der Waals surface area (Å²) in [6.45, 7) is 6.01. The fourth-order valence-electron chi connectivity index (χ4n) is 2.68. The Balaban J connectivity index is 2.57. The molecule has 0 aromatic carbocycles. The zero-order valence-electron chi connectivity index (χ0n) is 11.6. The van der Waals surface area contributed by atoms with Crippen molar-refractivity contribution in [3.63, 3.8) is 0 Å². The highest BCUT2D eigenvalue weighted by Gasteiger charge is 2.30. The van der Waals surface area contributed by atoms with Crippen LogP contribution < -0.4 is 5.32 Å². The first-order valence-electron chi connectivity index (χ1n) is 6.95. The van der Waals surface area contributed by atoms with Crippen molar-refractivity contribution in [2.45, 2.75) is 58.9 Å². The molecule has 3 atom stereocenters. The smallest absolute Gasteiger partial charge is 0.326 e. The third-order valence-electron chi connectivity index (χ3n) is 3.77. The van der Waals surface area contributed by atoms with Crippen LogP contribution in [0.5, 0.6) is 0 Å². The Morgan fingerprint density at radius 3 is 2.39 bits per heavy atom. The van der Waals surface area contributed by atoms with Gasteiger partial charge in [-0.25, -0.2) is 4.79 Å². The van der Waals surface area contributed by atoms with E-state index in [9.17, 15) is 9.59 Å². The van der Waals surface area contributed by atoms with E-state index in [0.29, 0.717) is 12.3 Å². The van der Waals surface area contributed by atoms with Crippen molar-refractivity contribution in [3.8, 4) is 0 Å². The van der Waals surface area contributed by atoms with Crippen LogP contribution in [0.1, 0.15) is 52.9 Å². The number of carboxylic acids is 1. The van der Waals surface area contributed by atoms with Crippen LogP contribution in [0.4, 0.5) is 0 Å². The van der Waals surface area contributed by atoms with E-state index in [0.717, 1.165) is 19.3 Å². The molecule has 1 fully saturated rings. The predicted octanol–water partition coefficient (Wildman–Crippen LogP) is 2.43. The molecular formula is C14H25NO3. The fourth-order valence-corrected chi connectivity index (χ4v) is 2.68. The van der Waals surface area contributed by atoms with E-state index < -0.39 is 12.0 Å². The number of carboxylic acid groups (broad SMARTS) is 1. The standard InChI is InChI=1S/C14H25NO3/c1-9(2)8-12(14(17)18)15-13(16)11-7-5-4-6-10(11)3/h9-12H,4-8H2,1-3H3,(H,15,16)(H,17,18)/t10-,11-,12+/m1/s1. The monoisotopic (exact) mass is 255 g/mol. The summed E-state index contributed by atoms with van der Waals surface area (Å²) in [5.41, 5.74) is 0. The first-order chi connectivity index (χ1) is 8.41. The molecule has 1 amide bonds. The van der Waals surface area contributed by atoms with Gasteiger partial charge < -0.3 is 10.4 Å². The van der Waals surface area contributed by atoms with E-state index in [1.807, 2.05) is 13.8 Å². The van der Waals surface area contributed by atoms with Crippen molar-refractivity contribution in [1.29, 1.82) is 0 Å². The van der Waals surface area contributed by atoms with Crippen LogP contribution in [0.15, 0.2) is 0 Å². The molecular weight excluding hydrogens is 230 g/mol. The Kier molecular flexibility index (Phi) is 5.63. The molecule has 0 spiro atoms. The number of rotatable bonds is 5. The molecule has 0 radical (unpaired) electrons. The molecule has 0 saturated heterocycles. The van der Waals surface area contributed by atoms with Crippen molar-refractivity contribution >= 4 is 11.9 Å². The maximum absolute atomic E-state index is 12.1. The molecule has 1 saturated carbocycles. The van der Waals surface area contributed by atoms with Crippen LogP contribution in [-0.2, 0) is 9.59 Å². The lowest BCUT2D eigenvalue weighted by Gasteiger charge is -2.29. The average Bonchev–Trinajstić information content (AvgIpc) is 2.27. The Morgan fingerprint density at radius 2 is 1.89 bits per heavy atom. The summed E-state index contributed by atoms with van der Waals surface area (Å²) in [6.07, 6.45) is 4.70. The highest BCUT2D eigenvalue weighted by atomic mass is 16.4. The maximum atomic E-state index is 12.1. The van der Waals surface area contributed by atoms with Gasteiger partial charge in [-0.05, 0) is 31.1 Å². The Labute approximate surface area is 109 Å². The SMILES string of the molecule is CC(C)C[C@H](NC(=O)[C@@H]1CCCC[C@H]1C)C(=O)O. The van der Waals surface area contributed by atoms with E-state index in [4.69, 9.17) is 5.11 Å². The molecule has 104 valence electrons. The molecule has 1 rings (SSSR count). The number of aliphatic carboxylic acids is 1. The van der Waals surface area contributed by atoms with Crippen molar-refractivity contribution < 1.29 is 14.7 Å². The highest BCUT2D eigenvalue weighted by molar-refractivity contribution is 5.85. The van der Waals surface area contributed by atoms with E-state index >= 15 is 0 Å². The van der Waals surface area contributed by atoms with Crippen molar-refractivity contribution in [1.82, 2.24) is 5.32 Å². The van der Waals surface area contributed by atoms with Crippen LogP contribution in [0.25, 0.3) is 0 Å². The van der Waals surface area contributed by atoms with Gasteiger partial charge in [0.2, 0.25) is 5.91 Å². The summed E-state index contributed by atoms with van der Waals surface area (Å²) in [4.78, 5) is 23.3. The van der Waals surface area contributed by atoms with E-state index in [-0.39, 0.29) is 17.7 Å². The third kappa shape index (κ3) is 4.31. The van der Waals surface area contributed by atoms with Crippen LogP contribution >= 0.6 is 0 Å². The average molecular weight is 255 g/mol. The quantitative estimate of drug-likeness (QED) is 0.793. The third-order valence-corrected chi connectivity index (χ3v) is 3.77. The van der Waals surface area contributed by atoms with Crippen LogP contribution in [0.2, 0.25) is 0 Å². The normalized spacial score (nSPS) is 25.8. The maximum Gasteiger partial charge on any atom is 0.326 e. The second kappa shape index (κ2) is 6.76. The zero-order chi connectivity index (χ0) is 13.7. The number of hydrogen-bond donors (Lipinski definition) is 2. The molecule has 2 N–H and O–H groups in total. The Morgan fingerprint density at radius 1 is 1.28 bits per heavy atom. The fraction of sp³-hybridized carbons (Fsp3) is 0.857. The Bertz CT molecular complexity index is 301. The molecule has 1 aliphatic rings. The van der Waals surface area contributed by atoms with Gasteiger partial charge in [0, 0.05) is 5.92 Å². The van der Waals surface area contributed by atoms with E-state index in [1.165, 1.54) is 6.42 Å². The number of carbonyl (C=O) groups excluding carboxylic acids is 1. The van der Waals surface area contributed by atoms with Gasteiger partial charge in [-0.1, -0.05) is 33.6 Å². The highest BCUT2D eigenvalue weighted by Crippen LogP contribution is 2.29. The summed E-state index contributed by atoms with van der Waals surface area (Å²) < 4.78 is 0. The molecule has 0 aliphatic heterocycles. The van der Waals surface area contributed by atoms with Crippen molar-refractivity contribution in [2.75, 3.05) is 0 Å². The van der Waals surface area contributed by atoms with Gasteiger partial charge in [0.05, 0.1) is 0 Å². The molecule has 4 heteroatoms. The topological polar surface area (TPSA) is 66.4 Å². The molecule has 0 unspecified atom stereocenters. The van der Waals surface area contributed by atoms with Crippen LogP contribution in [-0.4, -0.2) is 23.0 Å². The predicted molar refractivity (Wildman–Crippen MR) is 70.1 cm³/mol. The first kappa shape index (κ1) is 15.0. The van der Waals surface area contributed by atoms with Crippen molar-refractivity contribution in [3.05, 3.63) is 0 Å². The second-order valence-corrected chi connectivity index (χ2v) is 5.90. The largest absolute Gasteiger partial charge is 0.480 e. The minimum absolute atomic E-state index is 0.00670. The summed E-state index contributed by atoms with van der Waals surface area (Å²) in [7, 11) is 0. The van der Waals surface area contributed by atoms with Gasteiger partial charge in [0.1, 0.15) is 6.04 Å². The lowest BCUT2D eigenvalue weighted by Crippen LogP contribution is -2.46. The Hall–Kier alpha value is -1.06. The van der Waals surface area contributed by atoms with E-state index in [2.05, 4.69) is 12.2 Å². The minimum atomic E-state index is -0.930. The minimum Gasteiger partial charge on any atom is -0.480 e. The summed E-state index contributed by atoms with van der Waals surface area (Å²) in [5, 5.41) is 11.8. The summed E-state index contributed by atoms with van der Waals surface area (Å²) >= 11 is 0. The number of hydrogen-bond acceptors (Lipinski definition) is 2. The van der Waals surface area contributed by atoms with Crippen LogP contribution in [0, 0.1) is 17.8 Å². The van der Waals surface area contributed by atoms with Crippen LogP contribution in [0.3, 0.4) is 0 Å². The van der Waals surface area contributed by atoms with Gasteiger partial charge in [-0.2, -0.15) is 0 Å². The molecule has 0 aromatic heterocycles. The number of carbonyl (C=O) groups is 2. The lowest BCUT2D eigenvalue weighted by molar-refractivity contribution is -0.143. The molecule has 0 bridgehead atoms. The molecule has 0 aromatic rings. The van der Waals surface area contributed by atoms with E-state index in [1.54, 1.807) is 0 Å². The number of amides is 1. The van der Waals surface area contributed by atoms with Gasteiger partial charge in [-0.15, -0.1) is 0 Å². The first-order valence-corrected chi connectivity index (χ1v) is 6.95. The molecule has 4 nitrogen and oxygen atoms in total.